The highest BCUT2D eigenvalue weighted by Crippen LogP contribution is 2.43. The molecule has 0 saturated carbocycles. The zero-order valence-corrected chi connectivity index (χ0v) is 12.0. The minimum Gasteiger partial charge on any atom is -0.492 e. The van der Waals surface area contributed by atoms with Crippen molar-refractivity contribution in [2.45, 2.75) is 4.90 Å². The van der Waals surface area contributed by atoms with Crippen molar-refractivity contribution in [1.29, 1.82) is 0 Å². The highest BCUT2D eigenvalue weighted by molar-refractivity contribution is 7.98. The topological polar surface area (TPSA) is 81.8 Å². The summed E-state index contributed by atoms with van der Waals surface area (Å²) in [4.78, 5) is 11.8. The highest BCUT2D eigenvalue weighted by atomic mass is 32.2. The van der Waals surface area contributed by atoms with Gasteiger partial charge >= 0.3 is 5.97 Å². The molecule has 1 heterocycles. The quantitative estimate of drug-likeness (QED) is 0.849. The van der Waals surface area contributed by atoms with Gasteiger partial charge in [0.1, 0.15) is 0 Å². The lowest BCUT2D eigenvalue weighted by atomic mass is 10.1. The van der Waals surface area contributed by atoms with Gasteiger partial charge in [-0.2, -0.15) is 0 Å². The maximum Gasteiger partial charge on any atom is 0.358 e. The Balaban J connectivity index is 2.58. The van der Waals surface area contributed by atoms with E-state index in [-0.39, 0.29) is 5.69 Å². The fourth-order valence-corrected chi connectivity index (χ4v) is 2.36. The Bertz CT molecular complexity index is 638. The lowest BCUT2D eigenvalue weighted by molar-refractivity contribution is 0.0686. The Morgan fingerprint density at radius 1 is 1.30 bits per heavy atom. The Hall–Kier alpha value is -2.15. The third kappa shape index (κ3) is 2.44. The first-order valence-corrected chi connectivity index (χ1v) is 6.84. The number of aromatic nitrogens is 1. The number of carboxylic acids is 1. The van der Waals surface area contributed by atoms with Crippen LogP contribution in [-0.4, -0.2) is 36.7 Å². The van der Waals surface area contributed by atoms with Crippen molar-refractivity contribution >= 4 is 17.7 Å². The van der Waals surface area contributed by atoms with Crippen molar-refractivity contribution in [3.8, 4) is 22.8 Å². The third-order valence-electron chi connectivity index (χ3n) is 2.70. The molecule has 0 aliphatic rings. The van der Waals surface area contributed by atoms with Crippen molar-refractivity contribution in [2.75, 3.05) is 20.5 Å². The summed E-state index contributed by atoms with van der Waals surface area (Å²) >= 11 is 1.52. The predicted octanol–water partition coefficient (Wildman–Crippen LogP) is 2.78. The Morgan fingerprint density at radius 3 is 2.50 bits per heavy atom. The average molecular weight is 295 g/mol. The predicted molar refractivity (Wildman–Crippen MR) is 73.8 cm³/mol. The summed E-state index contributed by atoms with van der Waals surface area (Å²) in [5.74, 6) is 0.218. The maximum absolute atomic E-state index is 10.8. The van der Waals surface area contributed by atoms with Gasteiger partial charge in [0.2, 0.25) is 0 Å². The van der Waals surface area contributed by atoms with E-state index in [0.29, 0.717) is 22.8 Å². The first-order valence-electron chi connectivity index (χ1n) is 5.61. The van der Waals surface area contributed by atoms with Crippen LogP contribution in [0.25, 0.3) is 11.3 Å². The normalized spacial score (nSPS) is 10.3. The van der Waals surface area contributed by atoms with E-state index in [1.165, 1.54) is 24.9 Å². The van der Waals surface area contributed by atoms with E-state index >= 15 is 0 Å². The van der Waals surface area contributed by atoms with Crippen LogP contribution in [0.2, 0.25) is 0 Å². The molecular formula is C13H13NO5S. The molecule has 0 fully saturated rings. The van der Waals surface area contributed by atoms with Gasteiger partial charge in [-0.25, -0.2) is 4.79 Å². The first-order chi connectivity index (χ1) is 9.62. The average Bonchev–Trinajstić information content (AvgIpc) is 2.95. The van der Waals surface area contributed by atoms with Crippen LogP contribution in [0.5, 0.6) is 11.5 Å². The van der Waals surface area contributed by atoms with E-state index < -0.39 is 5.97 Å². The van der Waals surface area contributed by atoms with Crippen molar-refractivity contribution in [2.24, 2.45) is 0 Å². The van der Waals surface area contributed by atoms with Crippen molar-refractivity contribution in [3.63, 3.8) is 0 Å². The van der Waals surface area contributed by atoms with Gasteiger partial charge in [0, 0.05) is 6.07 Å². The summed E-state index contributed by atoms with van der Waals surface area (Å²) in [7, 11) is 3.06. The minimum absolute atomic E-state index is 0.157. The number of aromatic carboxylic acids is 1. The van der Waals surface area contributed by atoms with E-state index in [4.69, 9.17) is 19.1 Å². The fraction of sp³-hybridized carbons (Fsp3) is 0.231. The van der Waals surface area contributed by atoms with Gasteiger partial charge < -0.3 is 19.1 Å². The number of thioether (sulfide) groups is 1. The number of benzene rings is 1. The Morgan fingerprint density at radius 2 is 2.00 bits per heavy atom. The SMILES string of the molecule is COc1c(SC)ccc(-c2cc(C(=O)O)no2)c1OC. The van der Waals surface area contributed by atoms with Gasteiger partial charge in [-0.3, -0.25) is 0 Å². The van der Waals surface area contributed by atoms with Crippen LogP contribution < -0.4 is 9.47 Å². The second-order valence-electron chi connectivity index (χ2n) is 3.76. The Labute approximate surface area is 119 Å². The molecule has 0 aliphatic heterocycles. The lowest BCUT2D eigenvalue weighted by Gasteiger charge is -2.13. The summed E-state index contributed by atoms with van der Waals surface area (Å²) in [5, 5.41) is 12.4. The molecule has 1 aromatic heterocycles. The van der Waals surface area contributed by atoms with Gasteiger partial charge in [0.25, 0.3) is 0 Å². The number of rotatable bonds is 5. The lowest BCUT2D eigenvalue weighted by Crippen LogP contribution is -1.95. The molecule has 1 aromatic carbocycles. The molecule has 1 N–H and O–H groups in total. The number of carbonyl (C=O) groups is 1. The van der Waals surface area contributed by atoms with Crippen LogP contribution in [0.4, 0.5) is 0 Å². The number of hydrogen-bond acceptors (Lipinski definition) is 6. The van der Waals surface area contributed by atoms with Crippen LogP contribution in [0.3, 0.4) is 0 Å². The van der Waals surface area contributed by atoms with E-state index in [9.17, 15) is 4.79 Å². The molecule has 0 amide bonds. The molecule has 20 heavy (non-hydrogen) atoms. The zero-order valence-electron chi connectivity index (χ0n) is 11.2. The van der Waals surface area contributed by atoms with Crippen LogP contribution in [-0.2, 0) is 0 Å². The number of methoxy groups -OCH3 is 2. The third-order valence-corrected chi connectivity index (χ3v) is 3.46. The van der Waals surface area contributed by atoms with Crippen molar-refractivity contribution < 1.29 is 23.9 Å². The number of carboxylic acid groups (broad SMARTS) is 1. The smallest absolute Gasteiger partial charge is 0.358 e. The maximum atomic E-state index is 10.8. The molecule has 0 unspecified atom stereocenters. The molecule has 0 saturated heterocycles. The van der Waals surface area contributed by atoms with Gasteiger partial charge in [-0.1, -0.05) is 5.16 Å². The largest absolute Gasteiger partial charge is 0.492 e. The minimum atomic E-state index is -1.15. The zero-order chi connectivity index (χ0) is 14.7. The molecule has 0 atom stereocenters. The first kappa shape index (κ1) is 14.3. The van der Waals surface area contributed by atoms with E-state index in [1.807, 2.05) is 12.3 Å². The second kappa shape index (κ2) is 5.87. The molecular weight excluding hydrogens is 282 g/mol. The molecule has 6 nitrogen and oxygen atoms in total. The summed E-state index contributed by atoms with van der Waals surface area (Å²) in [6.07, 6.45) is 1.92. The van der Waals surface area contributed by atoms with Gasteiger partial charge in [0.05, 0.1) is 24.7 Å². The summed E-state index contributed by atoms with van der Waals surface area (Å²) in [6, 6.07) is 4.97. The van der Waals surface area contributed by atoms with Gasteiger partial charge in [-0.05, 0) is 18.4 Å². The highest BCUT2D eigenvalue weighted by Gasteiger charge is 2.20. The van der Waals surface area contributed by atoms with Gasteiger partial charge in [0.15, 0.2) is 23.0 Å². The Kier molecular flexibility index (Phi) is 4.19. The molecule has 0 spiro atoms. The fourth-order valence-electron chi connectivity index (χ4n) is 1.80. The van der Waals surface area contributed by atoms with Crippen molar-refractivity contribution in [3.05, 3.63) is 23.9 Å². The van der Waals surface area contributed by atoms with E-state index in [0.717, 1.165) is 4.90 Å². The molecule has 106 valence electrons. The summed E-state index contributed by atoms with van der Waals surface area (Å²) in [6.45, 7) is 0. The second-order valence-corrected chi connectivity index (χ2v) is 4.61. The van der Waals surface area contributed by atoms with Gasteiger partial charge in [-0.15, -0.1) is 11.8 Å². The molecule has 2 aromatic rings. The number of nitrogens with zero attached hydrogens (tertiary/aromatic N) is 1. The summed E-state index contributed by atoms with van der Waals surface area (Å²) < 4.78 is 15.8. The van der Waals surface area contributed by atoms with Crippen LogP contribution in [0, 0.1) is 0 Å². The van der Waals surface area contributed by atoms with Crippen LogP contribution in [0.15, 0.2) is 27.6 Å². The number of hydrogen-bond donors (Lipinski definition) is 1. The van der Waals surface area contributed by atoms with Crippen molar-refractivity contribution in [1.82, 2.24) is 5.16 Å². The molecule has 0 bridgehead atoms. The van der Waals surface area contributed by atoms with Crippen LogP contribution >= 0.6 is 11.8 Å². The van der Waals surface area contributed by atoms with Crippen LogP contribution in [0.1, 0.15) is 10.5 Å². The standard InChI is InChI=1S/C13H13NO5S/c1-17-11-7(4-5-10(20-3)12(11)18-2)9-6-8(13(15)16)14-19-9/h4-6H,1-3H3,(H,15,16). The molecule has 0 radical (unpaired) electrons. The van der Waals surface area contributed by atoms with E-state index in [2.05, 4.69) is 5.16 Å². The van der Waals surface area contributed by atoms with E-state index in [1.54, 1.807) is 13.2 Å². The molecule has 7 heteroatoms. The molecule has 0 aliphatic carbocycles. The summed E-state index contributed by atoms with van der Waals surface area (Å²) in [5.41, 5.74) is 0.428. The molecule has 2 rings (SSSR count). The monoisotopic (exact) mass is 295 g/mol. The number of ether oxygens (including phenoxy) is 2.